The Hall–Kier alpha value is 0.247. The van der Waals surface area contributed by atoms with Crippen molar-refractivity contribution in [3.8, 4) is 0 Å². The summed E-state index contributed by atoms with van der Waals surface area (Å²) in [6.45, 7) is 4.02. The van der Waals surface area contributed by atoms with E-state index in [4.69, 9.17) is 11.1 Å². The highest BCUT2D eigenvalue weighted by molar-refractivity contribution is 7.09. The summed E-state index contributed by atoms with van der Waals surface area (Å²) in [6, 6.07) is 0. The molecule has 0 fully saturated rings. The van der Waals surface area contributed by atoms with Crippen LogP contribution in [0.4, 0.5) is 0 Å². The van der Waals surface area contributed by atoms with Crippen LogP contribution in [0.15, 0.2) is 11.8 Å². The molecule has 0 aromatic carbocycles. The Labute approximate surface area is 45.1 Å². The van der Waals surface area contributed by atoms with Gasteiger partial charge in [0.15, 0.2) is 8.11 Å². The van der Waals surface area contributed by atoms with Gasteiger partial charge in [0.1, 0.15) is 0 Å². The smallest absolute Gasteiger partial charge is 0.164 e. The van der Waals surface area contributed by atoms with Gasteiger partial charge < -0.3 is 0 Å². The molecule has 2 heteroatoms. The van der Waals surface area contributed by atoms with Gasteiger partial charge in [0.2, 0.25) is 0 Å². The lowest BCUT2D eigenvalue weighted by atomic mass is 10.8. The molecule has 35 valence electrons. The van der Waals surface area contributed by atoms with E-state index >= 15 is 0 Å². The molecule has 0 amide bonds. The number of halogens is 1. The maximum Gasteiger partial charge on any atom is 0.188 e. The van der Waals surface area contributed by atoms with Gasteiger partial charge in [-0.1, -0.05) is 18.3 Å². The minimum absolute atomic E-state index is 0.594. The van der Waals surface area contributed by atoms with E-state index in [9.17, 15) is 0 Å². The Morgan fingerprint density at radius 1 is 1.67 bits per heavy atom. The highest BCUT2D eigenvalue weighted by Crippen LogP contribution is 1.87. The van der Waals surface area contributed by atoms with Gasteiger partial charge in [-0.05, 0) is 6.92 Å². The van der Waals surface area contributed by atoms with Crippen molar-refractivity contribution in [1.82, 2.24) is 0 Å². The molecule has 0 aliphatic heterocycles. The zero-order valence-corrected chi connectivity index (χ0v) is 5.79. The van der Waals surface area contributed by atoms with Crippen molar-refractivity contribution in [2.24, 2.45) is 0 Å². The van der Waals surface area contributed by atoms with Crippen LogP contribution in [0.2, 0.25) is 6.55 Å². The second kappa shape index (κ2) is 3.44. The third-order valence-corrected chi connectivity index (χ3v) is 1.57. The third-order valence-electron chi connectivity index (χ3n) is 0.396. The fourth-order valence-corrected chi connectivity index (χ4v) is 1.07. The van der Waals surface area contributed by atoms with E-state index in [-0.39, 0.29) is 0 Å². The summed E-state index contributed by atoms with van der Waals surface area (Å²) in [6.07, 6.45) is 1.99. The van der Waals surface area contributed by atoms with Crippen LogP contribution in [-0.2, 0) is 0 Å². The van der Waals surface area contributed by atoms with Gasteiger partial charge in [-0.2, -0.15) is 11.1 Å². The summed E-state index contributed by atoms with van der Waals surface area (Å²) < 4.78 is 0. The second-order valence-electron chi connectivity index (χ2n) is 1.09. The molecular weight excluding hydrogens is 112 g/mol. The van der Waals surface area contributed by atoms with Gasteiger partial charge in [0.25, 0.3) is 0 Å². The summed E-state index contributed by atoms with van der Waals surface area (Å²) in [4.78, 5) is 0. The van der Waals surface area contributed by atoms with E-state index in [2.05, 4.69) is 0 Å². The van der Waals surface area contributed by atoms with Crippen LogP contribution in [0.1, 0.15) is 6.92 Å². The van der Waals surface area contributed by atoms with Gasteiger partial charge >= 0.3 is 0 Å². The summed E-state index contributed by atoms with van der Waals surface area (Å²) in [5.74, 6) is 0. The molecule has 0 aliphatic carbocycles. The summed E-state index contributed by atoms with van der Waals surface area (Å²) in [5.41, 5.74) is 2.03. The molecule has 0 aliphatic rings. The van der Waals surface area contributed by atoms with Crippen LogP contribution in [0.3, 0.4) is 0 Å². The lowest BCUT2D eigenvalue weighted by molar-refractivity contribution is 1.77. The topological polar surface area (TPSA) is 0 Å². The van der Waals surface area contributed by atoms with Crippen molar-refractivity contribution < 1.29 is 0 Å². The zero-order valence-electron chi connectivity index (χ0n) is 4.03. The zero-order chi connectivity index (χ0) is 4.99. The molecule has 0 unspecified atom stereocenters. The first-order chi connectivity index (χ1) is 2.77. The Kier molecular flexibility index (Phi) is 3.58. The fourth-order valence-electron chi connectivity index (χ4n) is 0.230. The molecule has 0 N–H and O–H groups in total. The first-order valence-electron chi connectivity index (χ1n) is 1.89. The van der Waals surface area contributed by atoms with Crippen LogP contribution in [0.5, 0.6) is 0 Å². The summed E-state index contributed by atoms with van der Waals surface area (Å²) >= 11 is 5.59. The van der Waals surface area contributed by atoms with Crippen LogP contribution in [0, 0.1) is 0 Å². The van der Waals surface area contributed by atoms with Crippen LogP contribution < -0.4 is 0 Å². The quantitative estimate of drug-likeness (QED) is 0.366. The van der Waals surface area contributed by atoms with E-state index < -0.39 is 8.11 Å². The first-order valence-corrected chi connectivity index (χ1v) is 4.98. The lowest BCUT2D eigenvalue weighted by Crippen LogP contribution is -1.85. The lowest BCUT2D eigenvalue weighted by Gasteiger charge is -1.79. The summed E-state index contributed by atoms with van der Waals surface area (Å²) in [7, 11) is -0.594. The standard InChI is InChI=1S/C4H8ClSi/c1-3-4-6(2)5/h3-4H,1-2H3/b4-3+. The molecule has 0 bridgehead atoms. The largest absolute Gasteiger partial charge is 0.188 e. The van der Waals surface area contributed by atoms with Crippen molar-refractivity contribution in [1.29, 1.82) is 0 Å². The average molecular weight is 120 g/mol. The molecule has 0 atom stereocenters. The molecular formula is C4H8ClSi. The van der Waals surface area contributed by atoms with Gasteiger partial charge in [0.05, 0.1) is 0 Å². The van der Waals surface area contributed by atoms with Gasteiger partial charge in [-0.3, -0.25) is 0 Å². The number of rotatable bonds is 1. The van der Waals surface area contributed by atoms with E-state index in [0.29, 0.717) is 0 Å². The van der Waals surface area contributed by atoms with Crippen molar-refractivity contribution >= 4 is 19.2 Å². The Morgan fingerprint density at radius 2 is 2.17 bits per heavy atom. The molecule has 0 rings (SSSR count). The Morgan fingerprint density at radius 3 is 2.17 bits per heavy atom. The second-order valence-corrected chi connectivity index (χ2v) is 4.38. The molecule has 0 aromatic heterocycles. The molecule has 0 nitrogen and oxygen atoms in total. The maximum atomic E-state index is 5.59. The minimum atomic E-state index is -0.594. The Bertz CT molecular complexity index is 49.5. The van der Waals surface area contributed by atoms with E-state index in [1.54, 1.807) is 0 Å². The van der Waals surface area contributed by atoms with Gasteiger partial charge in [-0.25, -0.2) is 0 Å². The Balaban J connectivity index is 3.03. The van der Waals surface area contributed by atoms with Crippen molar-refractivity contribution in [2.45, 2.75) is 13.5 Å². The van der Waals surface area contributed by atoms with E-state index in [0.717, 1.165) is 0 Å². The maximum absolute atomic E-state index is 5.59. The molecule has 6 heavy (non-hydrogen) atoms. The van der Waals surface area contributed by atoms with E-state index in [1.807, 2.05) is 25.2 Å². The molecule has 1 radical (unpaired) electrons. The van der Waals surface area contributed by atoms with Crippen LogP contribution in [0.25, 0.3) is 0 Å². The highest BCUT2D eigenvalue weighted by Gasteiger charge is 1.85. The van der Waals surface area contributed by atoms with Crippen molar-refractivity contribution in [2.75, 3.05) is 0 Å². The average Bonchev–Trinajstić information content (AvgIpc) is 1.35. The first kappa shape index (κ1) is 6.25. The third kappa shape index (κ3) is 4.25. The number of allylic oxidation sites excluding steroid dienone is 1. The van der Waals surface area contributed by atoms with Crippen LogP contribution >= 0.6 is 11.1 Å². The van der Waals surface area contributed by atoms with Gasteiger partial charge in [0, 0.05) is 0 Å². The van der Waals surface area contributed by atoms with E-state index in [1.165, 1.54) is 0 Å². The molecule has 0 spiro atoms. The monoisotopic (exact) mass is 119 g/mol. The summed E-state index contributed by atoms with van der Waals surface area (Å²) in [5, 5.41) is 0. The molecule has 0 saturated heterocycles. The van der Waals surface area contributed by atoms with Crippen molar-refractivity contribution in [3.63, 3.8) is 0 Å². The highest BCUT2D eigenvalue weighted by atomic mass is 35.6. The molecule has 0 aromatic rings. The molecule has 0 heterocycles. The van der Waals surface area contributed by atoms with Crippen LogP contribution in [-0.4, -0.2) is 8.11 Å². The normalized spacial score (nSPS) is 11.3. The predicted octanol–water partition coefficient (Wildman–Crippen LogP) is 1.96. The molecule has 0 saturated carbocycles. The fraction of sp³-hybridized carbons (Fsp3) is 0.500. The SMILES string of the molecule is C/C=C/[Si](C)Cl. The number of hydrogen-bond donors (Lipinski definition) is 0. The van der Waals surface area contributed by atoms with Gasteiger partial charge in [-0.15, -0.1) is 0 Å². The predicted molar refractivity (Wildman–Crippen MR) is 32.3 cm³/mol. The number of hydrogen-bond acceptors (Lipinski definition) is 0. The van der Waals surface area contributed by atoms with Crippen molar-refractivity contribution in [3.05, 3.63) is 11.8 Å². The minimum Gasteiger partial charge on any atom is -0.164 e.